The molecule has 0 amide bonds. The van der Waals surface area contributed by atoms with Crippen molar-refractivity contribution in [3.63, 3.8) is 0 Å². The first-order valence-electron chi connectivity index (χ1n) is 9.91. The number of carbonyl (C=O) groups excluding carboxylic acids is 5. The second-order valence-electron chi connectivity index (χ2n) is 5.20. The summed E-state index contributed by atoms with van der Waals surface area (Å²) in [5.41, 5.74) is 0. The standard InChI is InChI=1S/C7H12O4.2C6H8O4.C2H2O4/c1-3-10-6(8)5-7(9)11-4-2;1-9-5(7)3-4-6(8)10-2;1-2-10-6(9)4-3-5(7)8;3-1(4)2(5)6/h3-5H2,1-2H3;3-4H,1-2H3;3-4H,2H2,1H3,(H,7,8);(H,3,4)(H,5,6)/b;2*4-3-;. The van der Waals surface area contributed by atoms with Crippen molar-refractivity contribution in [3.8, 4) is 0 Å². The maximum absolute atomic E-state index is 10.6. The summed E-state index contributed by atoms with van der Waals surface area (Å²) in [4.78, 5) is 80.2. The van der Waals surface area contributed by atoms with E-state index in [0.717, 1.165) is 24.3 Å². The van der Waals surface area contributed by atoms with Gasteiger partial charge in [0.05, 0.1) is 34.0 Å². The third kappa shape index (κ3) is 38.8. The third-order valence-electron chi connectivity index (χ3n) is 2.49. The average molecular weight is 538 g/mol. The Morgan fingerprint density at radius 1 is 0.541 bits per heavy atom. The molecule has 0 radical (unpaired) electrons. The van der Waals surface area contributed by atoms with Crippen LogP contribution in [-0.2, 0) is 62.0 Å². The lowest BCUT2D eigenvalue weighted by atomic mass is 10.4. The van der Waals surface area contributed by atoms with Crippen molar-refractivity contribution in [2.24, 2.45) is 0 Å². The second kappa shape index (κ2) is 27.5. The maximum atomic E-state index is 10.6. The highest BCUT2D eigenvalue weighted by Crippen LogP contribution is 1.89. The number of carbonyl (C=O) groups is 8. The number of hydrogen-bond acceptors (Lipinski definition) is 13. The fraction of sp³-hybridized carbons (Fsp3) is 0.429. The molecule has 0 aromatic rings. The first-order valence-corrected chi connectivity index (χ1v) is 9.91. The van der Waals surface area contributed by atoms with Gasteiger partial charge in [0, 0.05) is 24.3 Å². The van der Waals surface area contributed by atoms with E-state index < -0.39 is 47.8 Å². The second-order valence-corrected chi connectivity index (χ2v) is 5.20. The first kappa shape index (κ1) is 39.5. The number of carboxylic acid groups (broad SMARTS) is 3. The zero-order valence-corrected chi connectivity index (χ0v) is 20.8. The Labute approximate surface area is 211 Å². The molecule has 0 aliphatic heterocycles. The van der Waals surface area contributed by atoms with Crippen molar-refractivity contribution in [1.29, 1.82) is 0 Å². The largest absolute Gasteiger partial charge is 0.478 e. The summed E-state index contributed by atoms with van der Waals surface area (Å²) in [6.07, 6.45) is 3.29. The molecule has 0 heterocycles. The monoisotopic (exact) mass is 538 g/mol. The summed E-state index contributed by atoms with van der Waals surface area (Å²) in [5, 5.41) is 22.8. The molecule has 0 atom stereocenters. The van der Waals surface area contributed by atoms with E-state index in [1.807, 2.05) is 0 Å². The van der Waals surface area contributed by atoms with Gasteiger partial charge in [0.1, 0.15) is 6.42 Å². The van der Waals surface area contributed by atoms with E-state index in [2.05, 4.69) is 23.7 Å². The van der Waals surface area contributed by atoms with Crippen LogP contribution in [0.3, 0.4) is 0 Å². The highest BCUT2D eigenvalue weighted by atomic mass is 16.6. The molecule has 210 valence electrons. The molecule has 0 bridgehead atoms. The molecule has 16 nitrogen and oxygen atoms in total. The molecular formula is C21H30O16. The fourth-order valence-corrected chi connectivity index (χ4v) is 1.14. The summed E-state index contributed by atoms with van der Waals surface area (Å²) in [6.45, 7) is 5.85. The maximum Gasteiger partial charge on any atom is 0.414 e. The zero-order valence-electron chi connectivity index (χ0n) is 20.8. The predicted molar refractivity (Wildman–Crippen MR) is 120 cm³/mol. The van der Waals surface area contributed by atoms with Crippen LogP contribution in [0.5, 0.6) is 0 Å². The minimum absolute atomic E-state index is 0.253. The van der Waals surface area contributed by atoms with E-state index in [4.69, 9.17) is 24.9 Å². The molecule has 0 aromatic heterocycles. The molecule has 16 heteroatoms. The van der Waals surface area contributed by atoms with E-state index in [0.29, 0.717) is 0 Å². The number of carboxylic acids is 3. The van der Waals surface area contributed by atoms with E-state index in [9.17, 15) is 28.8 Å². The molecule has 0 unspecified atom stereocenters. The zero-order chi connectivity index (χ0) is 29.8. The number of rotatable bonds is 9. The molecule has 0 aliphatic rings. The highest BCUT2D eigenvalue weighted by molar-refractivity contribution is 6.27. The summed E-state index contributed by atoms with van der Waals surface area (Å²) >= 11 is 0. The van der Waals surface area contributed by atoms with Crippen molar-refractivity contribution in [2.45, 2.75) is 27.2 Å². The quantitative estimate of drug-likeness (QED) is 0.112. The molecule has 0 saturated carbocycles. The minimum atomic E-state index is -1.82. The van der Waals surface area contributed by atoms with Crippen LogP contribution in [0.15, 0.2) is 24.3 Å². The van der Waals surface area contributed by atoms with Gasteiger partial charge in [-0.25, -0.2) is 28.8 Å². The molecule has 0 saturated heterocycles. The topological polar surface area (TPSA) is 243 Å². The van der Waals surface area contributed by atoms with Gasteiger partial charge in [0.15, 0.2) is 0 Å². The Kier molecular flexibility index (Phi) is 29.3. The Morgan fingerprint density at radius 3 is 1.11 bits per heavy atom. The smallest absolute Gasteiger partial charge is 0.414 e. The van der Waals surface area contributed by atoms with E-state index >= 15 is 0 Å². The van der Waals surface area contributed by atoms with Gasteiger partial charge < -0.3 is 39.0 Å². The van der Waals surface area contributed by atoms with Gasteiger partial charge in [-0.3, -0.25) is 9.59 Å². The lowest BCUT2D eigenvalue weighted by molar-refractivity contribution is -0.159. The van der Waals surface area contributed by atoms with Gasteiger partial charge >= 0.3 is 47.8 Å². The Bertz CT molecular complexity index is 763. The van der Waals surface area contributed by atoms with Crippen molar-refractivity contribution in [1.82, 2.24) is 0 Å². The molecule has 37 heavy (non-hydrogen) atoms. The van der Waals surface area contributed by atoms with Crippen LogP contribution < -0.4 is 0 Å². The number of hydrogen-bond donors (Lipinski definition) is 3. The van der Waals surface area contributed by atoms with Crippen molar-refractivity contribution >= 4 is 47.8 Å². The summed E-state index contributed by atoms with van der Waals surface area (Å²) in [6, 6.07) is 0. The lowest BCUT2D eigenvalue weighted by Gasteiger charge is -2.00. The molecular weight excluding hydrogens is 508 g/mol. The van der Waals surface area contributed by atoms with Crippen LogP contribution in [0.1, 0.15) is 27.2 Å². The molecule has 0 aliphatic carbocycles. The number of esters is 5. The van der Waals surface area contributed by atoms with Crippen molar-refractivity contribution < 1.29 is 77.4 Å². The van der Waals surface area contributed by atoms with E-state index in [-0.39, 0.29) is 26.2 Å². The van der Waals surface area contributed by atoms with Crippen LogP contribution in [0.25, 0.3) is 0 Å². The normalized spacial score (nSPS) is 9.00. The number of aliphatic carboxylic acids is 3. The lowest BCUT2D eigenvalue weighted by Crippen LogP contribution is -2.13. The molecule has 0 rings (SSSR count). The van der Waals surface area contributed by atoms with Crippen LogP contribution in [0.4, 0.5) is 0 Å². The van der Waals surface area contributed by atoms with Crippen LogP contribution in [0, 0.1) is 0 Å². The van der Waals surface area contributed by atoms with Crippen LogP contribution in [-0.4, -0.2) is 97.1 Å². The number of ether oxygens (including phenoxy) is 5. The molecule has 3 N–H and O–H groups in total. The SMILES string of the molecule is CCOC(=O)/C=C\C(=O)O.CCOC(=O)CC(=O)OCC.COC(=O)/C=C\C(=O)OC.O=C(O)C(=O)O. The molecule has 0 spiro atoms. The number of methoxy groups -OCH3 is 2. The molecule has 0 aromatic carbocycles. The van der Waals surface area contributed by atoms with E-state index in [1.165, 1.54) is 14.2 Å². The van der Waals surface area contributed by atoms with Gasteiger partial charge in [0.25, 0.3) is 0 Å². The third-order valence-corrected chi connectivity index (χ3v) is 2.49. The Hall–Kier alpha value is -4.76. The van der Waals surface area contributed by atoms with Gasteiger partial charge in [-0.2, -0.15) is 0 Å². The summed E-state index contributed by atoms with van der Waals surface area (Å²) in [7, 11) is 2.45. The van der Waals surface area contributed by atoms with Crippen LogP contribution in [0.2, 0.25) is 0 Å². The highest BCUT2D eigenvalue weighted by Gasteiger charge is 2.09. The minimum Gasteiger partial charge on any atom is -0.478 e. The molecule has 0 fully saturated rings. The summed E-state index contributed by atoms with van der Waals surface area (Å²) in [5.74, 6) is -7.67. The van der Waals surface area contributed by atoms with Gasteiger partial charge in [0.2, 0.25) is 0 Å². The van der Waals surface area contributed by atoms with Crippen molar-refractivity contribution in [2.75, 3.05) is 34.0 Å². The van der Waals surface area contributed by atoms with Gasteiger partial charge in [-0.15, -0.1) is 0 Å². The van der Waals surface area contributed by atoms with E-state index in [1.54, 1.807) is 20.8 Å². The predicted octanol–water partition coefficient (Wildman–Crippen LogP) is -0.263. The Balaban J connectivity index is -0.000000200. The fourth-order valence-electron chi connectivity index (χ4n) is 1.14. The summed E-state index contributed by atoms with van der Waals surface area (Å²) < 4.78 is 21.9. The van der Waals surface area contributed by atoms with Gasteiger partial charge in [-0.05, 0) is 20.8 Å². The van der Waals surface area contributed by atoms with Crippen molar-refractivity contribution in [3.05, 3.63) is 24.3 Å². The Morgan fingerprint density at radius 2 is 0.865 bits per heavy atom. The first-order chi connectivity index (χ1) is 17.2. The average Bonchev–Trinajstić information content (AvgIpc) is 2.82. The van der Waals surface area contributed by atoms with Gasteiger partial charge in [-0.1, -0.05) is 0 Å². The van der Waals surface area contributed by atoms with Crippen LogP contribution >= 0.6 is 0 Å².